The highest BCUT2D eigenvalue weighted by Crippen LogP contribution is 2.25. The molecule has 7 nitrogen and oxygen atoms in total. The highest BCUT2D eigenvalue weighted by atomic mass is 35.5. The first kappa shape index (κ1) is 22.0. The summed E-state index contributed by atoms with van der Waals surface area (Å²) in [6.45, 7) is 6.45. The largest absolute Gasteiger partial charge is 0.478 e. The van der Waals surface area contributed by atoms with Crippen LogP contribution in [0.2, 0.25) is 5.02 Å². The molecule has 3 aromatic rings. The molecule has 0 unspecified atom stereocenters. The Morgan fingerprint density at radius 1 is 1.06 bits per heavy atom. The number of nitrogens with zero attached hydrogens (tertiary/aromatic N) is 3. The monoisotopic (exact) mass is 452 g/mol. The molecule has 0 radical (unpaired) electrons. The highest BCUT2D eigenvalue weighted by molar-refractivity contribution is 6.30. The van der Waals surface area contributed by atoms with Crippen molar-refractivity contribution in [1.82, 2.24) is 10.2 Å². The van der Waals surface area contributed by atoms with Crippen molar-refractivity contribution in [1.29, 1.82) is 0 Å². The van der Waals surface area contributed by atoms with Gasteiger partial charge in [0.25, 0.3) is 5.91 Å². The van der Waals surface area contributed by atoms with Gasteiger partial charge >= 0.3 is 0 Å². The maximum atomic E-state index is 12.9. The highest BCUT2D eigenvalue weighted by Gasteiger charge is 2.30. The third-order valence-electron chi connectivity index (χ3n) is 5.14. The number of hydrogen-bond donors (Lipinski definition) is 1. The maximum Gasteiger partial charge on any atom is 0.267 e. The molecule has 1 N–H and O–H groups in total. The minimum absolute atomic E-state index is 0.265. The van der Waals surface area contributed by atoms with Crippen LogP contribution in [-0.4, -0.2) is 48.0 Å². The summed E-state index contributed by atoms with van der Waals surface area (Å²) in [4.78, 5) is 15.0. The van der Waals surface area contributed by atoms with Gasteiger partial charge in [0.2, 0.25) is 0 Å². The zero-order chi connectivity index (χ0) is 22.6. The Bertz CT molecular complexity index is 1070. The second-order valence-corrected chi connectivity index (χ2v) is 8.41. The van der Waals surface area contributed by atoms with Crippen LogP contribution in [0, 0.1) is 0 Å². The van der Waals surface area contributed by atoms with E-state index in [1.165, 1.54) is 0 Å². The van der Waals surface area contributed by atoms with Crippen LogP contribution in [0.25, 0.3) is 11.3 Å². The molecule has 2 heterocycles. The van der Waals surface area contributed by atoms with Gasteiger partial charge < -0.3 is 19.7 Å². The first-order chi connectivity index (χ1) is 15.4. The molecular formula is C24H25ClN4O3. The Hall–Kier alpha value is -3.16. The molecule has 8 heteroatoms. The molecule has 0 aliphatic carbocycles. The molecule has 1 amide bonds. The van der Waals surface area contributed by atoms with Crippen LogP contribution in [0.3, 0.4) is 0 Å². The normalized spacial score (nSPS) is 14.2. The van der Waals surface area contributed by atoms with E-state index in [1.54, 1.807) is 38.1 Å². The number of nitrogens with one attached hydrogen (secondary N) is 1. The Labute approximate surface area is 192 Å². The average molecular weight is 453 g/mol. The summed E-state index contributed by atoms with van der Waals surface area (Å²) in [5, 5.41) is 12.3. The lowest BCUT2D eigenvalue weighted by Gasteiger charge is -2.27. The number of anilines is 2. The van der Waals surface area contributed by atoms with Gasteiger partial charge in [0.15, 0.2) is 11.4 Å². The van der Waals surface area contributed by atoms with Crippen molar-refractivity contribution in [2.45, 2.75) is 19.4 Å². The molecule has 0 saturated carbocycles. The van der Waals surface area contributed by atoms with E-state index < -0.39 is 5.60 Å². The molecule has 32 heavy (non-hydrogen) atoms. The maximum absolute atomic E-state index is 12.9. The van der Waals surface area contributed by atoms with E-state index >= 15 is 0 Å². The fourth-order valence-electron chi connectivity index (χ4n) is 3.32. The fraction of sp³-hybridized carbons (Fsp3) is 0.292. The van der Waals surface area contributed by atoms with Crippen molar-refractivity contribution in [3.8, 4) is 17.0 Å². The molecule has 4 rings (SSSR count). The summed E-state index contributed by atoms with van der Waals surface area (Å²) in [7, 11) is 0. The van der Waals surface area contributed by atoms with Gasteiger partial charge in [0.05, 0.1) is 18.9 Å². The van der Waals surface area contributed by atoms with E-state index in [-0.39, 0.29) is 5.91 Å². The van der Waals surface area contributed by atoms with Crippen LogP contribution in [0.5, 0.6) is 5.75 Å². The smallest absolute Gasteiger partial charge is 0.267 e. The predicted molar refractivity (Wildman–Crippen MR) is 125 cm³/mol. The molecule has 1 fully saturated rings. The number of carbonyl (C=O) groups excluding carboxylic acids is 1. The second kappa shape index (κ2) is 9.54. The van der Waals surface area contributed by atoms with Crippen molar-refractivity contribution in [3.05, 3.63) is 65.7 Å². The minimum atomic E-state index is -1.08. The van der Waals surface area contributed by atoms with Crippen molar-refractivity contribution in [2.75, 3.05) is 36.5 Å². The second-order valence-electron chi connectivity index (χ2n) is 7.98. The number of halogens is 1. The van der Waals surface area contributed by atoms with Crippen LogP contribution < -0.4 is 15.0 Å². The van der Waals surface area contributed by atoms with Crippen LogP contribution in [0.4, 0.5) is 11.5 Å². The summed E-state index contributed by atoms with van der Waals surface area (Å²) in [5.41, 5.74) is 1.16. The molecule has 1 saturated heterocycles. The van der Waals surface area contributed by atoms with E-state index in [1.807, 2.05) is 36.4 Å². The standard InChI is InChI=1S/C24H25ClN4O3/c1-24(2,32-20-8-6-18(25)7-9-20)23(30)26-19-5-3-4-17(16-19)21-10-11-22(28-27-21)29-12-14-31-15-13-29/h3-11,16H,12-15H2,1-2H3,(H,26,30). The molecule has 166 valence electrons. The van der Waals surface area contributed by atoms with Gasteiger partial charge in [-0.15, -0.1) is 10.2 Å². The van der Waals surface area contributed by atoms with Gasteiger partial charge in [-0.2, -0.15) is 0 Å². The van der Waals surface area contributed by atoms with Crippen LogP contribution in [0.15, 0.2) is 60.7 Å². The fourth-order valence-corrected chi connectivity index (χ4v) is 3.45. The van der Waals surface area contributed by atoms with Crippen molar-refractivity contribution >= 4 is 29.0 Å². The molecule has 0 bridgehead atoms. The number of aromatic nitrogens is 2. The van der Waals surface area contributed by atoms with Gasteiger partial charge in [0, 0.05) is 29.4 Å². The van der Waals surface area contributed by atoms with Crippen molar-refractivity contribution in [3.63, 3.8) is 0 Å². The Morgan fingerprint density at radius 3 is 2.50 bits per heavy atom. The van der Waals surface area contributed by atoms with E-state index in [0.717, 1.165) is 30.2 Å². The average Bonchev–Trinajstić information content (AvgIpc) is 2.81. The first-order valence-corrected chi connectivity index (χ1v) is 10.8. The molecule has 1 aliphatic heterocycles. The summed E-state index contributed by atoms with van der Waals surface area (Å²) in [6.07, 6.45) is 0. The predicted octanol–water partition coefficient (Wildman–Crippen LogP) is 4.43. The zero-order valence-electron chi connectivity index (χ0n) is 18.0. The number of benzene rings is 2. The summed E-state index contributed by atoms with van der Waals surface area (Å²) in [6, 6.07) is 18.3. The topological polar surface area (TPSA) is 76.6 Å². The van der Waals surface area contributed by atoms with E-state index in [2.05, 4.69) is 20.4 Å². The minimum Gasteiger partial charge on any atom is -0.478 e. The number of ether oxygens (including phenoxy) is 2. The lowest BCUT2D eigenvalue weighted by atomic mass is 10.1. The van der Waals surface area contributed by atoms with Crippen LogP contribution in [-0.2, 0) is 9.53 Å². The Kier molecular flexibility index (Phi) is 6.58. The number of amides is 1. The summed E-state index contributed by atoms with van der Waals surface area (Å²) in [5.74, 6) is 1.14. The van der Waals surface area contributed by atoms with Gasteiger partial charge in [-0.25, -0.2) is 0 Å². The van der Waals surface area contributed by atoms with Crippen molar-refractivity contribution < 1.29 is 14.3 Å². The summed E-state index contributed by atoms with van der Waals surface area (Å²) >= 11 is 5.91. The SMILES string of the molecule is CC(C)(Oc1ccc(Cl)cc1)C(=O)Nc1cccc(-c2ccc(N3CCOCC3)nn2)c1. The molecule has 1 aromatic heterocycles. The number of hydrogen-bond acceptors (Lipinski definition) is 6. The Morgan fingerprint density at radius 2 is 1.81 bits per heavy atom. The molecular weight excluding hydrogens is 428 g/mol. The van der Waals surface area contributed by atoms with Gasteiger partial charge in [-0.05, 0) is 62.4 Å². The number of morpholine rings is 1. The van der Waals surface area contributed by atoms with Gasteiger partial charge in [-0.3, -0.25) is 4.79 Å². The molecule has 0 spiro atoms. The lowest BCUT2D eigenvalue weighted by Crippen LogP contribution is -2.42. The van der Waals surface area contributed by atoms with Crippen molar-refractivity contribution in [2.24, 2.45) is 0 Å². The Balaban J connectivity index is 1.44. The number of rotatable bonds is 6. The molecule has 1 aliphatic rings. The van der Waals surface area contributed by atoms with Gasteiger partial charge in [-0.1, -0.05) is 23.7 Å². The molecule has 2 aromatic carbocycles. The van der Waals surface area contributed by atoms with Gasteiger partial charge in [0.1, 0.15) is 5.75 Å². The van der Waals surface area contributed by atoms with E-state index in [9.17, 15) is 4.79 Å². The third-order valence-corrected chi connectivity index (χ3v) is 5.39. The van der Waals surface area contributed by atoms with Crippen LogP contribution in [0.1, 0.15) is 13.8 Å². The first-order valence-electron chi connectivity index (χ1n) is 10.4. The van der Waals surface area contributed by atoms with Crippen LogP contribution >= 0.6 is 11.6 Å². The summed E-state index contributed by atoms with van der Waals surface area (Å²) < 4.78 is 11.3. The molecule has 0 atom stereocenters. The van der Waals surface area contributed by atoms with E-state index in [4.69, 9.17) is 21.1 Å². The number of carbonyl (C=O) groups is 1. The van der Waals surface area contributed by atoms with E-state index in [0.29, 0.717) is 29.7 Å². The quantitative estimate of drug-likeness (QED) is 0.596. The third kappa shape index (κ3) is 5.36. The zero-order valence-corrected chi connectivity index (χ0v) is 18.8. The lowest BCUT2D eigenvalue weighted by molar-refractivity contribution is -0.128.